The van der Waals surface area contributed by atoms with E-state index in [4.69, 9.17) is 14.2 Å². The largest absolute Gasteiger partial charge is 0.497 e. The Morgan fingerprint density at radius 1 is 1.17 bits per heavy atom. The molecule has 2 bridgehead atoms. The van der Waals surface area contributed by atoms with E-state index in [-0.39, 0.29) is 36.7 Å². The zero-order valence-corrected chi connectivity index (χ0v) is 28.7. The van der Waals surface area contributed by atoms with Crippen molar-refractivity contribution in [2.75, 3.05) is 31.7 Å². The van der Waals surface area contributed by atoms with Gasteiger partial charge in [-0.2, -0.15) is 0 Å². The van der Waals surface area contributed by atoms with Gasteiger partial charge in [-0.3, -0.25) is 19.2 Å². The van der Waals surface area contributed by atoms with Crippen molar-refractivity contribution in [3.8, 4) is 5.75 Å². The number of hydrogen-bond acceptors (Lipinski definition) is 8. The second-order valence-corrected chi connectivity index (χ2v) is 13.5. The standard InChI is InChI=1S/C36H42BrN3O8/c1-5-7-13-28(42)38-20-22(3)47-35(45)29-30-33(43)40(27(21-41)23-11-9-8-10-12-23)32(36(30)19-26(37)31(29)48-36)34(44)39(18-6-2)24-14-16-25(46-4)17-15-24/h5-6,8-12,14-17,22,26-27,29-32,41H,1-2,7,13,18-21H2,3-4H3,(H,38,42)/t22-,26?,27-,29+,30-,31+,32+,36-/m1/s1. The van der Waals surface area contributed by atoms with Gasteiger partial charge in [-0.1, -0.05) is 58.4 Å². The second kappa shape index (κ2) is 15.0. The summed E-state index contributed by atoms with van der Waals surface area (Å²) in [6, 6.07) is 13.9. The van der Waals surface area contributed by atoms with Gasteiger partial charge in [0.25, 0.3) is 5.91 Å². The molecule has 48 heavy (non-hydrogen) atoms. The number of allylic oxidation sites excluding steroid dienone is 1. The molecule has 1 unspecified atom stereocenters. The number of methoxy groups -OCH3 is 1. The number of fused-ring (bicyclic) bond motifs is 1. The minimum atomic E-state index is -1.40. The average molecular weight is 725 g/mol. The number of nitrogens with one attached hydrogen (secondary N) is 1. The molecule has 5 rings (SSSR count). The fourth-order valence-electron chi connectivity index (χ4n) is 7.24. The molecule has 3 heterocycles. The molecule has 2 aromatic rings. The summed E-state index contributed by atoms with van der Waals surface area (Å²) in [6.45, 7) is 8.89. The van der Waals surface area contributed by atoms with Crippen molar-refractivity contribution < 1.29 is 38.5 Å². The number of anilines is 1. The highest BCUT2D eigenvalue weighted by molar-refractivity contribution is 9.09. The molecule has 0 aromatic heterocycles. The highest BCUT2D eigenvalue weighted by Gasteiger charge is 2.77. The van der Waals surface area contributed by atoms with Gasteiger partial charge in [0.15, 0.2) is 0 Å². The number of ether oxygens (including phenoxy) is 3. The number of halogens is 1. The minimum absolute atomic E-state index is 0.0909. The van der Waals surface area contributed by atoms with E-state index in [0.717, 1.165) is 0 Å². The molecule has 3 aliphatic rings. The van der Waals surface area contributed by atoms with Crippen LogP contribution in [-0.4, -0.2) is 89.2 Å². The summed E-state index contributed by atoms with van der Waals surface area (Å²) in [6.07, 6.45) is 2.89. The molecular formula is C36H42BrN3O8. The van der Waals surface area contributed by atoms with Crippen molar-refractivity contribution in [2.24, 2.45) is 11.8 Å². The van der Waals surface area contributed by atoms with E-state index in [0.29, 0.717) is 23.4 Å². The summed E-state index contributed by atoms with van der Waals surface area (Å²) < 4.78 is 17.8. The van der Waals surface area contributed by atoms with Crippen LogP contribution in [-0.2, 0) is 28.7 Å². The van der Waals surface area contributed by atoms with Crippen molar-refractivity contribution in [1.82, 2.24) is 10.2 Å². The van der Waals surface area contributed by atoms with E-state index in [1.807, 2.05) is 6.07 Å². The molecular weight excluding hydrogens is 682 g/mol. The summed E-state index contributed by atoms with van der Waals surface area (Å²) in [4.78, 5) is 58.3. The topological polar surface area (TPSA) is 135 Å². The fraction of sp³-hybridized carbons (Fsp3) is 0.444. The molecule has 11 nitrogen and oxygen atoms in total. The van der Waals surface area contributed by atoms with Crippen LogP contribution in [0.4, 0.5) is 5.69 Å². The molecule has 12 heteroatoms. The van der Waals surface area contributed by atoms with Gasteiger partial charge in [-0.25, -0.2) is 0 Å². The van der Waals surface area contributed by atoms with E-state index in [1.54, 1.807) is 74.7 Å². The fourth-order valence-corrected chi connectivity index (χ4v) is 8.18. The van der Waals surface area contributed by atoms with Crippen LogP contribution in [0.3, 0.4) is 0 Å². The van der Waals surface area contributed by atoms with Crippen LogP contribution in [0.5, 0.6) is 5.75 Å². The Morgan fingerprint density at radius 2 is 1.88 bits per heavy atom. The number of aliphatic hydroxyl groups excluding tert-OH is 1. The predicted octanol–water partition coefficient (Wildman–Crippen LogP) is 3.71. The Hall–Kier alpha value is -4.00. The molecule has 3 saturated heterocycles. The third-order valence-corrected chi connectivity index (χ3v) is 10.2. The third-order valence-electron chi connectivity index (χ3n) is 9.37. The van der Waals surface area contributed by atoms with Crippen molar-refractivity contribution in [3.05, 3.63) is 85.5 Å². The highest BCUT2D eigenvalue weighted by Crippen LogP contribution is 2.61. The normalized spacial score (nSPS) is 26.7. The van der Waals surface area contributed by atoms with Crippen LogP contribution in [0.2, 0.25) is 0 Å². The van der Waals surface area contributed by atoms with Crippen molar-refractivity contribution in [3.63, 3.8) is 0 Å². The molecule has 3 aliphatic heterocycles. The smallest absolute Gasteiger partial charge is 0.312 e. The zero-order chi connectivity index (χ0) is 34.6. The monoisotopic (exact) mass is 723 g/mol. The summed E-state index contributed by atoms with van der Waals surface area (Å²) in [7, 11) is 1.55. The maximum absolute atomic E-state index is 14.9. The highest BCUT2D eigenvalue weighted by atomic mass is 79.9. The van der Waals surface area contributed by atoms with Crippen LogP contribution in [0, 0.1) is 11.8 Å². The number of carbonyl (C=O) groups excluding carboxylic acids is 4. The SMILES string of the molecule is C=CCCC(=O)NC[C@@H](C)OC(=O)[C@@H]1[C@H]2O[C@@]3(CC2Br)[C@H](C(=O)N(CC=C)c2ccc(OC)cc2)N([C@H](CO)c2ccccc2)C(=O)[C@@H]13. The third kappa shape index (κ3) is 6.53. The van der Waals surface area contributed by atoms with Crippen LogP contribution in [0.1, 0.15) is 37.8 Å². The lowest BCUT2D eigenvalue weighted by atomic mass is 9.70. The number of rotatable bonds is 15. The number of carbonyl (C=O) groups is 4. The van der Waals surface area contributed by atoms with Crippen molar-refractivity contribution in [1.29, 1.82) is 0 Å². The first-order valence-corrected chi connectivity index (χ1v) is 17.0. The number of aliphatic hydroxyl groups is 1. The summed E-state index contributed by atoms with van der Waals surface area (Å²) in [5.74, 6) is -3.22. The Labute approximate surface area is 289 Å². The Kier molecular flexibility index (Phi) is 11.1. The summed E-state index contributed by atoms with van der Waals surface area (Å²) in [5, 5.41) is 13.5. The molecule has 2 N–H and O–H groups in total. The van der Waals surface area contributed by atoms with Crippen LogP contribution in [0.25, 0.3) is 0 Å². The van der Waals surface area contributed by atoms with Gasteiger partial charge in [0.2, 0.25) is 11.8 Å². The van der Waals surface area contributed by atoms with Crippen molar-refractivity contribution in [2.45, 2.75) is 60.9 Å². The van der Waals surface area contributed by atoms with Crippen molar-refractivity contribution >= 4 is 45.3 Å². The first kappa shape index (κ1) is 35.3. The second-order valence-electron chi connectivity index (χ2n) is 12.3. The Bertz CT molecular complexity index is 1520. The van der Waals surface area contributed by atoms with E-state index >= 15 is 0 Å². The number of nitrogens with zero attached hydrogens (tertiary/aromatic N) is 2. The first-order valence-electron chi connectivity index (χ1n) is 16.1. The molecule has 0 saturated carbocycles. The number of alkyl halides is 1. The van der Waals surface area contributed by atoms with Gasteiger partial charge < -0.3 is 34.4 Å². The number of hydrogen-bond donors (Lipinski definition) is 2. The van der Waals surface area contributed by atoms with Crippen LogP contribution >= 0.6 is 15.9 Å². The number of likely N-dealkylation sites (tertiary alicyclic amines) is 1. The molecule has 1 spiro atoms. The van der Waals surface area contributed by atoms with E-state index < -0.39 is 66.1 Å². The summed E-state index contributed by atoms with van der Waals surface area (Å²) in [5.41, 5.74) is -0.212. The molecule has 0 aliphatic carbocycles. The van der Waals surface area contributed by atoms with E-state index in [1.165, 1.54) is 9.80 Å². The lowest BCUT2D eigenvalue weighted by Crippen LogP contribution is -2.57. The summed E-state index contributed by atoms with van der Waals surface area (Å²) >= 11 is 3.69. The maximum atomic E-state index is 14.9. The average Bonchev–Trinajstić information content (AvgIpc) is 3.69. The number of benzene rings is 2. The molecule has 3 fully saturated rings. The quantitative estimate of drug-likeness (QED) is 0.161. The van der Waals surface area contributed by atoms with Crippen LogP contribution < -0.4 is 15.0 Å². The van der Waals surface area contributed by atoms with E-state index in [2.05, 4.69) is 34.4 Å². The Morgan fingerprint density at radius 3 is 2.50 bits per heavy atom. The van der Waals surface area contributed by atoms with Gasteiger partial charge in [0.1, 0.15) is 23.5 Å². The molecule has 256 valence electrons. The predicted molar refractivity (Wildman–Crippen MR) is 182 cm³/mol. The lowest BCUT2D eigenvalue weighted by Gasteiger charge is -2.39. The van der Waals surface area contributed by atoms with Gasteiger partial charge >= 0.3 is 5.97 Å². The molecule has 8 atom stereocenters. The van der Waals surface area contributed by atoms with Gasteiger partial charge in [0, 0.05) is 23.5 Å². The van der Waals surface area contributed by atoms with E-state index in [9.17, 15) is 24.3 Å². The zero-order valence-electron chi connectivity index (χ0n) is 27.1. The first-order chi connectivity index (χ1) is 23.1. The lowest BCUT2D eigenvalue weighted by molar-refractivity contribution is -0.159. The maximum Gasteiger partial charge on any atom is 0.312 e. The number of esters is 1. The number of amides is 3. The molecule has 2 aromatic carbocycles. The molecule has 3 amide bonds. The van der Waals surface area contributed by atoms with Gasteiger partial charge in [-0.05, 0) is 49.6 Å². The Balaban J connectivity index is 1.52. The van der Waals surface area contributed by atoms with Gasteiger partial charge in [0.05, 0.1) is 44.2 Å². The minimum Gasteiger partial charge on any atom is -0.497 e. The van der Waals surface area contributed by atoms with Gasteiger partial charge in [-0.15, -0.1) is 13.2 Å². The van der Waals surface area contributed by atoms with Crippen LogP contribution in [0.15, 0.2) is 79.9 Å². The molecule has 0 radical (unpaired) electrons.